The maximum absolute atomic E-state index is 12.3. The van der Waals surface area contributed by atoms with Gasteiger partial charge in [-0.2, -0.15) is 0 Å². The maximum Gasteiger partial charge on any atom is 0.228 e. The second-order valence-corrected chi connectivity index (χ2v) is 8.66. The number of anilines is 2. The van der Waals surface area contributed by atoms with E-state index in [1.807, 2.05) is 60.7 Å². The number of aromatic nitrogens is 1. The number of aromatic hydroxyl groups is 1. The zero-order valence-corrected chi connectivity index (χ0v) is 19.0. The van der Waals surface area contributed by atoms with Gasteiger partial charge < -0.3 is 15.3 Å². The average Bonchev–Trinajstić information content (AvgIpc) is 2.87. The smallest absolute Gasteiger partial charge is 0.228 e. The Morgan fingerprint density at radius 3 is 2.41 bits per heavy atom. The van der Waals surface area contributed by atoms with Crippen molar-refractivity contribution in [1.82, 2.24) is 9.88 Å². The van der Waals surface area contributed by atoms with Gasteiger partial charge in [0.25, 0.3) is 0 Å². The largest absolute Gasteiger partial charge is 0.506 e. The Kier molecular flexibility index (Phi) is 6.40. The first-order chi connectivity index (χ1) is 16.7. The third-order valence-corrected chi connectivity index (χ3v) is 6.33. The highest BCUT2D eigenvalue weighted by Gasteiger charge is 2.18. The van der Waals surface area contributed by atoms with Gasteiger partial charge in [0, 0.05) is 55.7 Å². The van der Waals surface area contributed by atoms with Gasteiger partial charge in [0.05, 0.1) is 6.42 Å². The lowest BCUT2D eigenvalue weighted by Gasteiger charge is -2.36. The molecule has 1 amide bonds. The van der Waals surface area contributed by atoms with Crippen LogP contribution in [-0.2, 0) is 17.8 Å². The lowest BCUT2D eigenvalue weighted by Crippen LogP contribution is -2.46. The molecule has 6 heteroatoms. The zero-order chi connectivity index (χ0) is 23.3. The van der Waals surface area contributed by atoms with Crippen LogP contribution >= 0.6 is 0 Å². The topological polar surface area (TPSA) is 68.7 Å². The lowest BCUT2D eigenvalue weighted by atomic mass is 10.1. The minimum atomic E-state index is -0.00970. The van der Waals surface area contributed by atoms with Crippen molar-refractivity contribution in [1.29, 1.82) is 0 Å². The number of hydrogen-bond donors (Lipinski definition) is 2. The number of nitrogens with one attached hydrogen (secondary N) is 1. The summed E-state index contributed by atoms with van der Waals surface area (Å²) in [4.78, 5) is 21.5. The highest BCUT2D eigenvalue weighted by molar-refractivity contribution is 5.92. The molecule has 3 aromatic carbocycles. The van der Waals surface area contributed by atoms with Gasteiger partial charge in [-0.1, -0.05) is 42.5 Å². The maximum atomic E-state index is 12.3. The van der Waals surface area contributed by atoms with Crippen LogP contribution in [0, 0.1) is 0 Å². The van der Waals surface area contributed by atoms with Crippen molar-refractivity contribution in [3.05, 3.63) is 96.2 Å². The van der Waals surface area contributed by atoms with Crippen molar-refractivity contribution in [3.8, 4) is 5.75 Å². The number of benzene rings is 3. The Hall–Kier alpha value is -3.90. The zero-order valence-electron chi connectivity index (χ0n) is 19.0. The van der Waals surface area contributed by atoms with Crippen LogP contribution in [-0.4, -0.2) is 47.1 Å². The van der Waals surface area contributed by atoms with Crippen molar-refractivity contribution < 1.29 is 9.90 Å². The summed E-state index contributed by atoms with van der Waals surface area (Å²) in [6, 6.07) is 25.5. The van der Waals surface area contributed by atoms with Gasteiger partial charge in [0.2, 0.25) is 5.91 Å². The minimum Gasteiger partial charge on any atom is -0.506 e. The van der Waals surface area contributed by atoms with Gasteiger partial charge in [-0.15, -0.1) is 0 Å². The van der Waals surface area contributed by atoms with E-state index in [1.54, 1.807) is 12.3 Å². The van der Waals surface area contributed by atoms with Gasteiger partial charge in [-0.25, -0.2) is 0 Å². The molecular formula is C28H28N4O2. The molecule has 0 bridgehead atoms. The van der Waals surface area contributed by atoms with Gasteiger partial charge >= 0.3 is 0 Å². The minimum absolute atomic E-state index is 0.00970. The fourth-order valence-corrected chi connectivity index (χ4v) is 4.50. The van der Waals surface area contributed by atoms with Crippen molar-refractivity contribution in [2.45, 2.75) is 13.0 Å². The molecule has 0 unspecified atom stereocenters. The summed E-state index contributed by atoms with van der Waals surface area (Å²) in [5.74, 6) is 0.216. The molecule has 0 radical (unpaired) electrons. The molecule has 172 valence electrons. The van der Waals surface area contributed by atoms with Crippen molar-refractivity contribution >= 4 is 28.2 Å². The van der Waals surface area contributed by atoms with Crippen LogP contribution in [0.5, 0.6) is 5.75 Å². The van der Waals surface area contributed by atoms with E-state index < -0.39 is 0 Å². The molecular weight excluding hydrogens is 424 g/mol. The number of nitrogens with zero attached hydrogens (tertiary/aromatic N) is 3. The van der Waals surface area contributed by atoms with Crippen LogP contribution in [0.25, 0.3) is 10.9 Å². The fraction of sp³-hybridized carbons (Fsp3) is 0.214. The lowest BCUT2D eigenvalue weighted by molar-refractivity contribution is -0.115. The molecule has 0 aliphatic carbocycles. The Bertz CT molecular complexity index is 1270. The molecule has 1 aromatic heterocycles. The van der Waals surface area contributed by atoms with Gasteiger partial charge in [0.15, 0.2) is 0 Å². The van der Waals surface area contributed by atoms with Crippen molar-refractivity contribution in [2.24, 2.45) is 0 Å². The molecule has 5 rings (SSSR count). The van der Waals surface area contributed by atoms with Crippen LogP contribution < -0.4 is 10.2 Å². The Morgan fingerprint density at radius 1 is 0.882 bits per heavy atom. The number of pyridine rings is 1. The summed E-state index contributed by atoms with van der Waals surface area (Å²) in [6.45, 7) is 4.63. The van der Waals surface area contributed by atoms with E-state index in [2.05, 4.69) is 32.2 Å². The number of phenols is 1. The summed E-state index contributed by atoms with van der Waals surface area (Å²) in [5.41, 5.74) is 4.83. The molecule has 1 fully saturated rings. The molecule has 2 N–H and O–H groups in total. The second kappa shape index (κ2) is 9.93. The normalized spacial score (nSPS) is 14.3. The highest BCUT2D eigenvalue weighted by atomic mass is 16.3. The van der Waals surface area contributed by atoms with Gasteiger partial charge in [0.1, 0.15) is 11.3 Å². The second-order valence-electron chi connectivity index (χ2n) is 8.66. The quantitative estimate of drug-likeness (QED) is 0.453. The summed E-state index contributed by atoms with van der Waals surface area (Å²) in [5, 5.41) is 14.1. The van der Waals surface area contributed by atoms with Gasteiger partial charge in [-0.05, 0) is 47.5 Å². The number of phenolic OH excluding ortho intramolecular Hbond substituents is 1. The molecule has 1 aliphatic heterocycles. The van der Waals surface area contributed by atoms with Crippen LogP contribution in [0.1, 0.15) is 11.1 Å². The summed E-state index contributed by atoms with van der Waals surface area (Å²) in [6.07, 6.45) is 2.08. The first-order valence-corrected chi connectivity index (χ1v) is 11.6. The molecule has 0 spiro atoms. The molecule has 1 aliphatic rings. The first kappa shape index (κ1) is 21.9. The van der Waals surface area contributed by atoms with Crippen LogP contribution in [0.3, 0.4) is 0 Å². The van der Waals surface area contributed by atoms with E-state index in [4.69, 9.17) is 0 Å². The van der Waals surface area contributed by atoms with E-state index in [1.165, 1.54) is 11.3 Å². The predicted molar refractivity (Wildman–Crippen MR) is 136 cm³/mol. The molecule has 1 saturated heterocycles. The highest BCUT2D eigenvalue weighted by Crippen LogP contribution is 2.27. The SMILES string of the molecule is O=C(Cc1ccccc1)Nc1ccc(N2CCN(Cc3ccc(O)c4ncccc34)CC2)cc1. The summed E-state index contributed by atoms with van der Waals surface area (Å²) < 4.78 is 0. The standard InChI is InChI=1S/C28H28N4O2/c33-26-13-8-22(25-7-4-14-29-28(25)26)20-31-15-17-32(18-16-31)24-11-9-23(10-12-24)30-27(34)19-21-5-2-1-3-6-21/h1-14,33H,15-20H2,(H,30,34). The number of carbonyl (C=O) groups excluding carboxylic acids is 1. The van der Waals surface area contributed by atoms with Crippen LogP contribution in [0.4, 0.5) is 11.4 Å². The van der Waals surface area contributed by atoms with Crippen molar-refractivity contribution in [3.63, 3.8) is 0 Å². The number of hydrogen-bond acceptors (Lipinski definition) is 5. The molecule has 2 heterocycles. The van der Waals surface area contributed by atoms with E-state index in [9.17, 15) is 9.90 Å². The first-order valence-electron chi connectivity index (χ1n) is 11.6. The Labute approximate surface area is 199 Å². The van der Waals surface area contributed by atoms with Crippen LogP contribution in [0.15, 0.2) is 85.1 Å². The van der Waals surface area contributed by atoms with E-state index in [-0.39, 0.29) is 11.7 Å². The van der Waals surface area contributed by atoms with E-state index >= 15 is 0 Å². The molecule has 0 atom stereocenters. The number of piperazine rings is 1. The van der Waals surface area contributed by atoms with E-state index in [0.29, 0.717) is 11.9 Å². The fourth-order valence-electron chi connectivity index (χ4n) is 4.50. The summed E-state index contributed by atoms with van der Waals surface area (Å²) in [7, 11) is 0. The Balaban J connectivity index is 1.15. The third kappa shape index (κ3) is 5.02. The number of rotatable bonds is 6. The van der Waals surface area contributed by atoms with Crippen LogP contribution in [0.2, 0.25) is 0 Å². The molecule has 6 nitrogen and oxygen atoms in total. The number of carbonyl (C=O) groups is 1. The third-order valence-electron chi connectivity index (χ3n) is 6.33. The monoisotopic (exact) mass is 452 g/mol. The molecule has 4 aromatic rings. The molecule has 34 heavy (non-hydrogen) atoms. The van der Waals surface area contributed by atoms with Crippen molar-refractivity contribution in [2.75, 3.05) is 36.4 Å². The predicted octanol–water partition coefficient (Wildman–Crippen LogP) is 4.44. The average molecular weight is 453 g/mol. The summed E-state index contributed by atoms with van der Waals surface area (Å²) >= 11 is 0. The molecule has 0 saturated carbocycles. The number of fused-ring (bicyclic) bond motifs is 1. The number of amides is 1. The Morgan fingerprint density at radius 2 is 1.65 bits per heavy atom. The van der Waals surface area contributed by atoms with E-state index in [0.717, 1.165) is 49.4 Å². The van der Waals surface area contributed by atoms with Gasteiger partial charge in [-0.3, -0.25) is 14.7 Å².